The number of hydrogen-bond donors (Lipinski definition) is 1. The Bertz CT molecular complexity index is 1140. The van der Waals surface area contributed by atoms with Crippen LogP contribution < -0.4 is 5.32 Å². The maximum atomic E-state index is 13.4. The van der Waals surface area contributed by atoms with Crippen molar-refractivity contribution in [1.82, 2.24) is 14.8 Å². The number of ether oxygens (including phenoxy) is 1. The van der Waals surface area contributed by atoms with E-state index in [2.05, 4.69) is 27.6 Å². The fourth-order valence-electron chi connectivity index (χ4n) is 4.45. The first kappa shape index (κ1) is 22.1. The monoisotopic (exact) mass is 466 g/mol. The van der Waals surface area contributed by atoms with E-state index in [0.29, 0.717) is 17.5 Å². The van der Waals surface area contributed by atoms with Gasteiger partial charge in [-0.15, -0.1) is 10.2 Å². The lowest BCUT2D eigenvalue weighted by molar-refractivity contribution is -0.115. The highest BCUT2D eigenvalue weighted by Crippen LogP contribution is 2.30. The van der Waals surface area contributed by atoms with E-state index in [1.807, 2.05) is 17.6 Å². The maximum absolute atomic E-state index is 13.4. The molecular formula is C25H27FN4O2S. The van der Waals surface area contributed by atoms with Crippen LogP contribution in [0.3, 0.4) is 0 Å². The minimum absolute atomic E-state index is 0.0760. The van der Waals surface area contributed by atoms with Crippen LogP contribution in [0, 0.1) is 5.82 Å². The Morgan fingerprint density at radius 1 is 1.18 bits per heavy atom. The molecule has 2 aliphatic rings. The molecule has 1 aliphatic heterocycles. The summed E-state index contributed by atoms with van der Waals surface area (Å²) in [5.41, 5.74) is 4.32. The number of carbonyl (C=O) groups is 1. The number of benzene rings is 2. The molecule has 2 heterocycles. The Balaban J connectivity index is 1.34. The van der Waals surface area contributed by atoms with Crippen molar-refractivity contribution in [3.63, 3.8) is 0 Å². The normalized spacial score (nSPS) is 18.3. The Morgan fingerprint density at radius 3 is 2.79 bits per heavy atom. The van der Waals surface area contributed by atoms with E-state index in [1.54, 1.807) is 12.1 Å². The molecule has 5 rings (SSSR count). The number of rotatable bonds is 7. The van der Waals surface area contributed by atoms with Crippen LogP contribution in [0.5, 0.6) is 0 Å². The Hall–Kier alpha value is -2.71. The number of nitrogens with zero attached hydrogens (tertiary/aromatic N) is 3. The van der Waals surface area contributed by atoms with Gasteiger partial charge in [0.25, 0.3) is 0 Å². The molecule has 0 unspecified atom stereocenters. The van der Waals surface area contributed by atoms with Crippen molar-refractivity contribution in [3.8, 4) is 11.4 Å². The summed E-state index contributed by atoms with van der Waals surface area (Å²) in [5.74, 6) is 0.280. The van der Waals surface area contributed by atoms with Gasteiger partial charge in [-0.3, -0.25) is 9.36 Å². The van der Waals surface area contributed by atoms with Gasteiger partial charge in [0.05, 0.1) is 17.9 Å². The Labute approximate surface area is 196 Å². The molecule has 1 saturated heterocycles. The summed E-state index contributed by atoms with van der Waals surface area (Å²) in [7, 11) is 0. The van der Waals surface area contributed by atoms with Crippen molar-refractivity contribution in [1.29, 1.82) is 0 Å². The summed E-state index contributed by atoms with van der Waals surface area (Å²) in [6.45, 7) is 3.22. The summed E-state index contributed by atoms with van der Waals surface area (Å²) in [6.07, 6.45) is 5.44. The minimum Gasteiger partial charge on any atom is -0.376 e. The third kappa shape index (κ3) is 4.96. The summed E-state index contributed by atoms with van der Waals surface area (Å²) >= 11 is 1.37. The molecule has 1 fully saturated rings. The maximum Gasteiger partial charge on any atom is 0.237 e. The first-order valence-corrected chi connectivity index (χ1v) is 12.3. The topological polar surface area (TPSA) is 69.0 Å². The van der Waals surface area contributed by atoms with Gasteiger partial charge >= 0.3 is 0 Å². The van der Waals surface area contributed by atoms with Gasteiger partial charge < -0.3 is 10.1 Å². The fourth-order valence-corrected chi connectivity index (χ4v) is 5.31. The summed E-state index contributed by atoms with van der Waals surface area (Å²) in [4.78, 5) is 12.9. The first-order chi connectivity index (χ1) is 16.1. The van der Waals surface area contributed by atoms with E-state index in [9.17, 15) is 9.18 Å². The highest BCUT2D eigenvalue weighted by Gasteiger charge is 2.25. The third-order valence-corrected chi connectivity index (χ3v) is 7.33. The lowest BCUT2D eigenvalue weighted by atomic mass is 10.1. The second kappa shape index (κ2) is 9.65. The molecule has 1 N–H and O–H groups in total. The molecule has 172 valence electrons. The van der Waals surface area contributed by atoms with Gasteiger partial charge in [0.2, 0.25) is 5.91 Å². The highest BCUT2D eigenvalue weighted by atomic mass is 32.2. The second-order valence-electron chi connectivity index (χ2n) is 8.65. The number of aryl methyl sites for hydroxylation is 2. The molecule has 1 aliphatic carbocycles. The number of fused-ring (bicyclic) bond motifs is 1. The Morgan fingerprint density at radius 2 is 2.00 bits per heavy atom. The molecule has 0 saturated carbocycles. The SMILES string of the molecule is C[C@H](Sc1nnc(-c2ccc(F)cc2)n1C[C@@H]1CCCO1)C(=O)Nc1ccc2c(c1)CCC2. The average molecular weight is 467 g/mol. The van der Waals surface area contributed by atoms with Crippen molar-refractivity contribution in [3.05, 3.63) is 59.4 Å². The number of amides is 1. The smallest absolute Gasteiger partial charge is 0.237 e. The van der Waals surface area contributed by atoms with Gasteiger partial charge in [-0.1, -0.05) is 17.8 Å². The van der Waals surface area contributed by atoms with Crippen LogP contribution in [0.2, 0.25) is 0 Å². The van der Waals surface area contributed by atoms with Crippen molar-refractivity contribution >= 4 is 23.4 Å². The number of anilines is 1. The minimum atomic E-state index is -0.369. The summed E-state index contributed by atoms with van der Waals surface area (Å²) in [6, 6.07) is 12.4. The van der Waals surface area contributed by atoms with Crippen molar-refractivity contribution < 1.29 is 13.9 Å². The molecular weight excluding hydrogens is 439 g/mol. The molecule has 0 radical (unpaired) electrons. The molecule has 0 spiro atoms. The van der Waals surface area contributed by atoms with E-state index < -0.39 is 0 Å². The van der Waals surface area contributed by atoms with Crippen LogP contribution in [0.1, 0.15) is 37.3 Å². The van der Waals surface area contributed by atoms with Crippen LogP contribution >= 0.6 is 11.8 Å². The average Bonchev–Trinajstić information content (AvgIpc) is 3.57. The molecule has 33 heavy (non-hydrogen) atoms. The molecule has 6 nitrogen and oxygen atoms in total. The zero-order valence-corrected chi connectivity index (χ0v) is 19.4. The van der Waals surface area contributed by atoms with Crippen molar-refractivity contribution in [2.75, 3.05) is 11.9 Å². The summed E-state index contributed by atoms with van der Waals surface area (Å²) < 4.78 is 21.3. The zero-order chi connectivity index (χ0) is 22.8. The zero-order valence-electron chi connectivity index (χ0n) is 18.6. The lowest BCUT2D eigenvalue weighted by Crippen LogP contribution is -2.23. The molecule has 0 bridgehead atoms. The van der Waals surface area contributed by atoms with Gasteiger partial charge in [0, 0.05) is 17.9 Å². The predicted molar refractivity (Wildman–Crippen MR) is 127 cm³/mol. The van der Waals surface area contributed by atoms with Crippen LogP contribution in [-0.4, -0.2) is 38.6 Å². The molecule has 3 aromatic rings. The van der Waals surface area contributed by atoms with Crippen molar-refractivity contribution in [2.24, 2.45) is 0 Å². The fraction of sp³-hybridized carbons (Fsp3) is 0.400. The standard InChI is InChI=1S/C25H27FN4O2S/c1-16(24(31)27-21-12-9-17-4-2-5-19(17)14-21)33-25-29-28-23(18-7-10-20(26)11-8-18)30(25)15-22-6-3-13-32-22/h7-12,14,16,22H,2-6,13,15H2,1H3,(H,27,31)/t16-,22-/m0/s1. The third-order valence-electron chi connectivity index (χ3n) is 6.25. The van der Waals surface area contributed by atoms with Crippen molar-refractivity contribution in [2.45, 2.75) is 62.1 Å². The summed E-state index contributed by atoms with van der Waals surface area (Å²) in [5, 5.41) is 12.1. The van der Waals surface area contributed by atoms with Gasteiger partial charge in [-0.2, -0.15) is 0 Å². The van der Waals surface area contributed by atoms with Crippen LogP contribution in [0.25, 0.3) is 11.4 Å². The molecule has 1 amide bonds. The van der Waals surface area contributed by atoms with E-state index in [1.165, 1.54) is 41.4 Å². The molecule has 8 heteroatoms. The van der Waals surface area contributed by atoms with E-state index >= 15 is 0 Å². The lowest BCUT2D eigenvalue weighted by Gasteiger charge is -2.17. The van der Waals surface area contributed by atoms with Crippen LogP contribution in [0.4, 0.5) is 10.1 Å². The number of nitrogens with one attached hydrogen (secondary N) is 1. The van der Waals surface area contributed by atoms with Gasteiger partial charge in [0.1, 0.15) is 5.82 Å². The first-order valence-electron chi connectivity index (χ1n) is 11.5. The Kier molecular flexibility index (Phi) is 6.46. The van der Waals surface area contributed by atoms with Gasteiger partial charge in [-0.25, -0.2) is 4.39 Å². The molecule has 2 aromatic carbocycles. The number of aromatic nitrogens is 3. The van der Waals surface area contributed by atoms with Crippen LogP contribution in [0.15, 0.2) is 47.6 Å². The van der Waals surface area contributed by atoms with Gasteiger partial charge in [-0.05, 0) is 86.6 Å². The van der Waals surface area contributed by atoms with E-state index in [-0.39, 0.29) is 23.1 Å². The van der Waals surface area contributed by atoms with E-state index in [4.69, 9.17) is 4.74 Å². The van der Waals surface area contributed by atoms with E-state index in [0.717, 1.165) is 43.5 Å². The quantitative estimate of drug-likeness (QED) is 0.503. The number of hydrogen-bond acceptors (Lipinski definition) is 5. The number of carbonyl (C=O) groups excluding carboxylic acids is 1. The largest absolute Gasteiger partial charge is 0.376 e. The second-order valence-corrected chi connectivity index (χ2v) is 9.95. The highest BCUT2D eigenvalue weighted by molar-refractivity contribution is 8.00. The number of thioether (sulfide) groups is 1. The molecule has 2 atom stereocenters. The van der Waals surface area contributed by atoms with Gasteiger partial charge in [0.15, 0.2) is 11.0 Å². The number of halogens is 1. The predicted octanol–water partition coefficient (Wildman–Crippen LogP) is 4.87. The molecule has 1 aromatic heterocycles. The van der Waals surface area contributed by atoms with Crippen LogP contribution in [-0.2, 0) is 28.9 Å².